The van der Waals surface area contributed by atoms with Gasteiger partial charge in [0.05, 0.1) is 30.1 Å². The number of guanidine groups is 1. The van der Waals surface area contributed by atoms with E-state index in [9.17, 15) is 18.0 Å². The molecule has 1 aliphatic carbocycles. The number of terminal acetylenes is 1. The molecular weight excluding hydrogens is 442 g/mol. The molecule has 5 N–H and O–H groups in total. The summed E-state index contributed by atoms with van der Waals surface area (Å²) in [4.78, 5) is 29.9. The number of carbonyl (C=O) groups excluding carboxylic acids is 2. The fourth-order valence-corrected chi connectivity index (χ4v) is 3.62. The number of aromatic nitrogens is 1. The van der Waals surface area contributed by atoms with Crippen molar-refractivity contribution < 1.29 is 31.5 Å². The summed E-state index contributed by atoms with van der Waals surface area (Å²) < 4.78 is 39.2. The van der Waals surface area contributed by atoms with Crippen molar-refractivity contribution in [2.75, 3.05) is 19.8 Å². The molecule has 1 heterocycles. The number of pyridine rings is 1. The highest BCUT2D eigenvalue weighted by atomic mass is 32.3. The summed E-state index contributed by atoms with van der Waals surface area (Å²) in [5, 5.41) is 9.47. The summed E-state index contributed by atoms with van der Waals surface area (Å²) in [5.74, 6) is -1.21. The minimum atomic E-state index is -4.64. The van der Waals surface area contributed by atoms with Gasteiger partial charge in [0.15, 0.2) is 5.96 Å². The minimum absolute atomic E-state index is 0.0192. The number of hydrogen-bond acceptors (Lipinski definition) is 8. The molecule has 13 heteroatoms. The Bertz CT molecular complexity index is 1040. The third kappa shape index (κ3) is 7.19. The maximum absolute atomic E-state index is 12.3. The molecule has 0 saturated heterocycles. The van der Waals surface area contributed by atoms with Gasteiger partial charge in [0.25, 0.3) is 5.91 Å². The molecule has 2 rings (SSSR count). The van der Waals surface area contributed by atoms with Crippen LogP contribution in [0.3, 0.4) is 0 Å². The van der Waals surface area contributed by atoms with Crippen LogP contribution in [0.15, 0.2) is 6.07 Å². The van der Waals surface area contributed by atoms with E-state index in [-0.39, 0.29) is 19.1 Å². The number of fused-ring (bicyclic) bond motifs is 1. The Hall–Kier alpha value is -3.21. The fourth-order valence-electron chi connectivity index (χ4n) is 3.34. The van der Waals surface area contributed by atoms with Crippen LogP contribution in [0.5, 0.6) is 0 Å². The highest BCUT2D eigenvalue weighted by Gasteiger charge is 2.25. The summed E-state index contributed by atoms with van der Waals surface area (Å²) >= 11 is 0. The van der Waals surface area contributed by atoms with Gasteiger partial charge >= 0.3 is 16.5 Å². The quantitative estimate of drug-likeness (QED) is 0.112. The normalized spacial score (nSPS) is 15.6. The zero-order valence-corrected chi connectivity index (χ0v) is 18.3. The van der Waals surface area contributed by atoms with Gasteiger partial charge < -0.3 is 10.5 Å². The predicted molar refractivity (Wildman–Crippen MR) is 113 cm³/mol. The predicted octanol–water partition coefficient (Wildman–Crippen LogP) is 0.672. The maximum Gasteiger partial charge on any atom is 0.421 e. The van der Waals surface area contributed by atoms with Crippen LogP contribution in [-0.2, 0) is 25.7 Å². The van der Waals surface area contributed by atoms with Crippen molar-refractivity contribution in [2.45, 2.75) is 38.5 Å². The van der Waals surface area contributed by atoms with Crippen LogP contribution in [0, 0.1) is 24.8 Å². The molecule has 174 valence electrons. The van der Waals surface area contributed by atoms with Crippen molar-refractivity contribution in [2.24, 2.45) is 5.73 Å². The zero-order valence-electron chi connectivity index (χ0n) is 17.5. The number of hydrogen-bond donors (Lipinski definition) is 4. The molecule has 1 aromatic rings. The van der Waals surface area contributed by atoms with Crippen molar-refractivity contribution in [3.63, 3.8) is 0 Å². The monoisotopic (exact) mass is 467 g/mol. The standard InChI is InChI=1S/C19H25N5O7S/c1-3-24(8-9-31-32(27,28)29)19(26)30-11-14-7-5-4-6-13-10-15(12(2)22-16(13)14)17(25)23-18(20)21/h1,10,14H,4-9,11H2,2H3,(H,27,28,29)(H4,20,21,23,25). The second kappa shape index (κ2) is 10.9. The lowest BCUT2D eigenvalue weighted by Gasteiger charge is -2.20. The lowest BCUT2D eigenvalue weighted by Crippen LogP contribution is -2.36. The summed E-state index contributed by atoms with van der Waals surface area (Å²) in [6.07, 6.45) is 7.51. The van der Waals surface area contributed by atoms with Gasteiger partial charge in [0, 0.05) is 12.0 Å². The smallest absolute Gasteiger partial charge is 0.421 e. The summed E-state index contributed by atoms with van der Waals surface area (Å²) in [5.41, 5.74) is 7.56. The van der Waals surface area contributed by atoms with Crippen LogP contribution >= 0.6 is 0 Å². The zero-order chi connectivity index (χ0) is 23.9. The van der Waals surface area contributed by atoms with E-state index in [1.165, 1.54) is 0 Å². The number of ether oxygens (including phenoxy) is 1. The van der Waals surface area contributed by atoms with Crippen molar-refractivity contribution in [1.29, 1.82) is 5.41 Å². The Labute approximate surface area is 185 Å². The Morgan fingerprint density at radius 1 is 1.47 bits per heavy atom. The van der Waals surface area contributed by atoms with Crippen LogP contribution < -0.4 is 11.1 Å². The number of rotatable bonds is 7. The first-order valence-corrected chi connectivity index (χ1v) is 11.1. The molecule has 1 aromatic heterocycles. The van der Waals surface area contributed by atoms with E-state index >= 15 is 0 Å². The third-order valence-electron chi connectivity index (χ3n) is 4.79. The number of aryl methyl sites for hydroxylation is 2. The van der Waals surface area contributed by atoms with Gasteiger partial charge in [-0.05, 0) is 37.8 Å². The first-order chi connectivity index (χ1) is 15.0. The van der Waals surface area contributed by atoms with Crippen LogP contribution in [0.1, 0.15) is 52.5 Å². The van der Waals surface area contributed by atoms with Crippen molar-refractivity contribution in [3.8, 4) is 12.5 Å². The van der Waals surface area contributed by atoms with E-state index < -0.39 is 35.0 Å². The average Bonchev–Trinajstić information content (AvgIpc) is 2.89. The van der Waals surface area contributed by atoms with E-state index in [0.29, 0.717) is 29.8 Å². The summed E-state index contributed by atoms with van der Waals surface area (Å²) in [6, 6.07) is 3.79. The molecule has 0 aromatic carbocycles. The Kier molecular flexibility index (Phi) is 8.53. The molecule has 1 atom stereocenters. The van der Waals surface area contributed by atoms with Gasteiger partial charge in [-0.15, -0.1) is 0 Å². The Balaban J connectivity index is 2.11. The molecule has 0 bridgehead atoms. The topological polar surface area (TPSA) is 185 Å². The molecule has 32 heavy (non-hydrogen) atoms. The van der Waals surface area contributed by atoms with Gasteiger partial charge in [-0.1, -0.05) is 12.8 Å². The molecule has 0 saturated carbocycles. The van der Waals surface area contributed by atoms with Gasteiger partial charge in [0.1, 0.15) is 6.61 Å². The molecular formula is C19H25N5O7S. The highest BCUT2D eigenvalue weighted by molar-refractivity contribution is 7.80. The van der Waals surface area contributed by atoms with Crippen LogP contribution in [-0.4, -0.2) is 60.6 Å². The molecule has 0 fully saturated rings. The SMILES string of the molecule is C#CN(CCOS(=O)(=O)O)C(=O)OCC1CCCCc2cc(C(=O)NC(=N)N)c(C)nc21. The molecule has 0 spiro atoms. The summed E-state index contributed by atoms with van der Waals surface area (Å²) in [6.45, 7) is 0.811. The lowest BCUT2D eigenvalue weighted by atomic mass is 9.96. The first kappa shape index (κ1) is 25.1. The average molecular weight is 468 g/mol. The molecule has 12 nitrogen and oxygen atoms in total. The van der Waals surface area contributed by atoms with Crippen molar-refractivity contribution in [1.82, 2.24) is 15.2 Å². The summed E-state index contributed by atoms with van der Waals surface area (Å²) in [7, 11) is -4.64. The van der Waals surface area contributed by atoms with Gasteiger partial charge in [0.2, 0.25) is 0 Å². The Morgan fingerprint density at radius 3 is 2.81 bits per heavy atom. The van der Waals surface area contributed by atoms with E-state index in [2.05, 4.69) is 20.5 Å². The van der Waals surface area contributed by atoms with Crippen LogP contribution in [0.2, 0.25) is 0 Å². The van der Waals surface area contributed by atoms with Gasteiger partial charge in [-0.3, -0.25) is 25.1 Å². The highest BCUT2D eigenvalue weighted by Crippen LogP contribution is 2.31. The molecule has 0 aliphatic heterocycles. The van der Waals surface area contributed by atoms with E-state index in [4.69, 9.17) is 26.9 Å². The number of amides is 2. The minimum Gasteiger partial charge on any atom is -0.448 e. The van der Waals surface area contributed by atoms with E-state index in [1.807, 2.05) is 0 Å². The fraction of sp³-hybridized carbons (Fsp3) is 0.474. The molecule has 0 radical (unpaired) electrons. The Morgan fingerprint density at radius 2 is 2.19 bits per heavy atom. The number of carbonyl (C=O) groups is 2. The maximum atomic E-state index is 12.3. The van der Waals surface area contributed by atoms with Crippen LogP contribution in [0.25, 0.3) is 0 Å². The molecule has 1 unspecified atom stereocenters. The van der Waals surface area contributed by atoms with Gasteiger partial charge in [-0.25, -0.2) is 13.9 Å². The third-order valence-corrected chi connectivity index (χ3v) is 5.25. The second-order valence-electron chi connectivity index (χ2n) is 7.08. The lowest BCUT2D eigenvalue weighted by molar-refractivity contribution is 0.0975. The largest absolute Gasteiger partial charge is 0.448 e. The molecule has 2 amide bonds. The number of nitrogens with zero attached hydrogens (tertiary/aromatic N) is 2. The van der Waals surface area contributed by atoms with Crippen LogP contribution in [0.4, 0.5) is 4.79 Å². The van der Waals surface area contributed by atoms with Crippen molar-refractivity contribution in [3.05, 3.63) is 28.6 Å². The van der Waals surface area contributed by atoms with E-state index in [1.54, 1.807) is 13.0 Å². The van der Waals surface area contributed by atoms with Crippen molar-refractivity contribution >= 4 is 28.4 Å². The molecule has 1 aliphatic rings. The first-order valence-electron chi connectivity index (χ1n) is 9.70. The number of nitrogens with one attached hydrogen (secondary N) is 2. The number of nitrogens with two attached hydrogens (primary N) is 1. The second-order valence-corrected chi connectivity index (χ2v) is 8.17. The van der Waals surface area contributed by atoms with E-state index in [0.717, 1.165) is 23.3 Å². The van der Waals surface area contributed by atoms with Gasteiger partial charge in [-0.2, -0.15) is 8.42 Å².